The third-order valence-electron chi connectivity index (χ3n) is 2.27. The van der Waals surface area contributed by atoms with Crippen molar-refractivity contribution >= 4 is 11.8 Å². The summed E-state index contributed by atoms with van der Waals surface area (Å²) in [5, 5.41) is 0. The van der Waals surface area contributed by atoms with E-state index in [4.69, 9.17) is 0 Å². The third-order valence-corrected chi connectivity index (χ3v) is 3.49. The van der Waals surface area contributed by atoms with Crippen molar-refractivity contribution in [1.82, 2.24) is 0 Å². The molecule has 0 saturated heterocycles. The Balaban J connectivity index is 2.82. The number of benzene rings is 1. The van der Waals surface area contributed by atoms with Crippen molar-refractivity contribution in [3.63, 3.8) is 0 Å². The highest BCUT2D eigenvalue weighted by molar-refractivity contribution is 7.99. The van der Waals surface area contributed by atoms with E-state index in [0.717, 1.165) is 27.8 Å². The maximum Gasteiger partial charge on any atom is 0.398 e. The Morgan fingerprint density at radius 3 is 2.38 bits per heavy atom. The molecule has 1 rings (SSSR count). The van der Waals surface area contributed by atoms with Gasteiger partial charge in [-0.25, -0.2) is 0 Å². The first-order chi connectivity index (χ1) is 7.29. The van der Waals surface area contributed by atoms with Crippen LogP contribution in [-0.4, -0.2) is 11.9 Å². The molecule has 0 unspecified atom stereocenters. The van der Waals surface area contributed by atoms with Gasteiger partial charge < -0.3 is 0 Å². The van der Waals surface area contributed by atoms with Gasteiger partial charge in [-0.1, -0.05) is 26.0 Å². The van der Waals surface area contributed by atoms with Gasteiger partial charge in [0.2, 0.25) is 0 Å². The lowest BCUT2D eigenvalue weighted by Gasteiger charge is -2.12. The summed E-state index contributed by atoms with van der Waals surface area (Å²) < 4.78 is 36.3. The molecule has 0 N–H and O–H groups in total. The molecule has 0 nitrogen and oxygen atoms in total. The van der Waals surface area contributed by atoms with Crippen LogP contribution in [0.15, 0.2) is 23.1 Å². The second-order valence-corrected chi connectivity index (χ2v) is 5.10. The molecule has 0 aliphatic carbocycles. The van der Waals surface area contributed by atoms with E-state index in [1.54, 1.807) is 0 Å². The van der Waals surface area contributed by atoms with Gasteiger partial charge >= 0.3 is 6.18 Å². The van der Waals surface area contributed by atoms with Crippen molar-refractivity contribution < 1.29 is 13.2 Å². The van der Waals surface area contributed by atoms with Gasteiger partial charge in [-0.3, -0.25) is 0 Å². The van der Waals surface area contributed by atoms with Crippen LogP contribution in [0.25, 0.3) is 0 Å². The van der Waals surface area contributed by atoms with Gasteiger partial charge in [0.25, 0.3) is 0 Å². The highest BCUT2D eigenvalue weighted by Crippen LogP contribution is 2.31. The summed E-state index contributed by atoms with van der Waals surface area (Å²) in [6.07, 6.45) is -4.11. The molecular weight excluding hydrogens is 233 g/mol. The van der Waals surface area contributed by atoms with E-state index in [-0.39, 0.29) is 0 Å². The molecule has 0 aliphatic heterocycles. The molecule has 0 amide bonds. The van der Waals surface area contributed by atoms with Crippen molar-refractivity contribution in [2.45, 2.75) is 37.8 Å². The van der Waals surface area contributed by atoms with Crippen molar-refractivity contribution in [2.75, 3.05) is 5.75 Å². The first kappa shape index (κ1) is 13.4. The summed E-state index contributed by atoms with van der Waals surface area (Å²) >= 11 is 0.861. The van der Waals surface area contributed by atoms with Gasteiger partial charge in [0.15, 0.2) is 0 Å². The molecule has 90 valence electrons. The average Bonchev–Trinajstić information content (AvgIpc) is 2.14. The minimum absolute atomic E-state index is 0.339. The van der Waals surface area contributed by atoms with Crippen LogP contribution in [0.3, 0.4) is 0 Å². The van der Waals surface area contributed by atoms with Gasteiger partial charge in [0.1, 0.15) is 0 Å². The second-order valence-electron chi connectivity index (χ2n) is 4.08. The number of hydrogen-bond acceptors (Lipinski definition) is 1. The van der Waals surface area contributed by atoms with Crippen LogP contribution in [0.1, 0.15) is 30.9 Å². The van der Waals surface area contributed by atoms with Crippen LogP contribution < -0.4 is 0 Å². The summed E-state index contributed by atoms with van der Waals surface area (Å²) in [6, 6.07) is 5.71. The van der Waals surface area contributed by atoms with Gasteiger partial charge in [0, 0.05) is 4.90 Å². The zero-order valence-corrected chi connectivity index (χ0v) is 10.4. The quantitative estimate of drug-likeness (QED) is 0.694. The van der Waals surface area contributed by atoms with Crippen molar-refractivity contribution in [1.29, 1.82) is 0 Å². The van der Waals surface area contributed by atoms with E-state index in [0.29, 0.717) is 5.92 Å². The van der Waals surface area contributed by atoms with Gasteiger partial charge in [-0.05, 0) is 30.0 Å². The van der Waals surface area contributed by atoms with Crippen LogP contribution in [0.2, 0.25) is 0 Å². The minimum Gasteiger partial charge on any atom is -0.170 e. The zero-order chi connectivity index (χ0) is 12.3. The lowest BCUT2D eigenvalue weighted by molar-refractivity contribution is -0.105. The molecule has 0 radical (unpaired) electrons. The van der Waals surface area contributed by atoms with E-state index in [9.17, 15) is 13.2 Å². The zero-order valence-electron chi connectivity index (χ0n) is 9.56. The number of aryl methyl sites for hydroxylation is 1. The maximum atomic E-state index is 12.1. The predicted molar refractivity (Wildman–Crippen MR) is 62.0 cm³/mol. The Kier molecular flexibility index (Phi) is 4.30. The normalized spacial score (nSPS) is 12.2. The summed E-state index contributed by atoms with van der Waals surface area (Å²) in [5.41, 5.74) is 1.98. The van der Waals surface area contributed by atoms with Gasteiger partial charge in [0.05, 0.1) is 5.75 Å². The molecule has 1 aromatic carbocycles. The lowest BCUT2D eigenvalue weighted by atomic mass is 10.0. The SMILES string of the molecule is Cc1ccc(C(C)C)cc1SCC(F)(F)F. The van der Waals surface area contributed by atoms with E-state index in [2.05, 4.69) is 0 Å². The fourth-order valence-corrected chi connectivity index (χ4v) is 2.13. The minimum atomic E-state index is -4.11. The van der Waals surface area contributed by atoms with E-state index >= 15 is 0 Å². The van der Waals surface area contributed by atoms with Gasteiger partial charge in [-0.15, -0.1) is 11.8 Å². The molecular formula is C12H15F3S. The molecule has 16 heavy (non-hydrogen) atoms. The Hall–Kier alpha value is -0.640. The average molecular weight is 248 g/mol. The number of halogens is 3. The number of hydrogen-bond donors (Lipinski definition) is 0. The molecule has 1 aromatic rings. The van der Waals surface area contributed by atoms with E-state index in [1.165, 1.54) is 0 Å². The Bertz CT molecular complexity index is 356. The van der Waals surface area contributed by atoms with E-state index in [1.807, 2.05) is 39.0 Å². The van der Waals surface area contributed by atoms with Crippen LogP contribution in [-0.2, 0) is 0 Å². The highest BCUT2D eigenvalue weighted by atomic mass is 32.2. The summed E-state index contributed by atoms with van der Waals surface area (Å²) in [6.45, 7) is 5.90. The molecule has 4 heteroatoms. The van der Waals surface area contributed by atoms with Crippen molar-refractivity contribution in [3.05, 3.63) is 29.3 Å². The van der Waals surface area contributed by atoms with Crippen molar-refractivity contribution in [3.8, 4) is 0 Å². The molecule has 0 spiro atoms. The van der Waals surface area contributed by atoms with Crippen LogP contribution in [0.4, 0.5) is 13.2 Å². The summed E-state index contributed by atoms with van der Waals surface area (Å²) in [5.74, 6) is -0.485. The molecule has 0 saturated carbocycles. The second kappa shape index (κ2) is 5.13. The fraction of sp³-hybridized carbons (Fsp3) is 0.500. The van der Waals surface area contributed by atoms with Crippen molar-refractivity contribution in [2.24, 2.45) is 0 Å². The molecule has 0 aromatic heterocycles. The maximum absolute atomic E-state index is 12.1. The van der Waals surface area contributed by atoms with E-state index < -0.39 is 11.9 Å². The number of alkyl halides is 3. The van der Waals surface area contributed by atoms with Crippen LogP contribution in [0, 0.1) is 6.92 Å². The number of rotatable bonds is 3. The van der Waals surface area contributed by atoms with Crippen LogP contribution >= 0.6 is 11.8 Å². The highest BCUT2D eigenvalue weighted by Gasteiger charge is 2.27. The monoisotopic (exact) mass is 248 g/mol. The molecule has 0 atom stereocenters. The summed E-state index contributed by atoms with van der Waals surface area (Å²) in [7, 11) is 0. The Morgan fingerprint density at radius 2 is 1.88 bits per heavy atom. The topological polar surface area (TPSA) is 0 Å². The standard InChI is InChI=1S/C12H15F3S/c1-8(2)10-5-4-9(3)11(6-10)16-7-12(13,14)15/h4-6,8H,7H2,1-3H3. The van der Waals surface area contributed by atoms with Crippen LogP contribution in [0.5, 0.6) is 0 Å². The molecule has 0 fully saturated rings. The lowest BCUT2D eigenvalue weighted by Crippen LogP contribution is -2.10. The smallest absolute Gasteiger partial charge is 0.170 e. The fourth-order valence-electron chi connectivity index (χ4n) is 1.29. The summed E-state index contributed by atoms with van der Waals surface area (Å²) in [4.78, 5) is 0.725. The Labute approximate surface area is 98.2 Å². The van der Waals surface area contributed by atoms with Gasteiger partial charge in [-0.2, -0.15) is 13.2 Å². The first-order valence-corrected chi connectivity index (χ1v) is 6.08. The molecule has 0 heterocycles. The Morgan fingerprint density at radius 1 is 1.25 bits per heavy atom. The largest absolute Gasteiger partial charge is 0.398 e. The molecule has 0 bridgehead atoms. The number of thioether (sulfide) groups is 1. The predicted octanol–water partition coefficient (Wildman–Crippen LogP) is 4.77. The third kappa shape index (κ3) is 4.08. The first-order valence-electron chi connectivity index (χ1n) is 5.09. The molecule has 0 aliphatic rings.